The van der Waals surface area contributed by atoms with E-state index in [1.165, 1.54) is 13.0 Å². The van der Waals surface area contributed by atoms with E-state index in [1.54, 1.807) is 12.1 Å². The molecule has 0 saturated carbocycles. The molecule has 2 rings (SSSR count). The fraction of sp³-hybridized carbons (Fsp3) is 0.105. The Morgan fingerprint density at radius 3 is 2.44 bits per heavy atom. The van der Waals surface area contributed by atoms with Crippen molar-refractivity contribution in [3.63, 3.8) is 0 Å². The average molecular weight is 353 g/mol. The highest BCUT2D eigenvalue weighted by molar-refractivity contribution is 7.80. The molecular formula is C19H19N3O2S. The van der Waals surface area contributed by atoms with Gasteiger partial charge in [-0.25, -0.2) is 0 Å². The van der Waals surface area contributed by atoms with Crippen molar-refractivity contribution in [3.05, 3.63) is 65.7 Å². The molecule has 0 heterocycles. The molecule has 2 amide bonds. The topological polar surface area (TPSA) is 70.2 Å². The molecular weight excluding hydrogens is 334 g/mol. The molecule has 25 heavy (non-hydrogen) atoms. The quantitative estimate of drug-likeness (QED) is 0.581. The van der Waals surface area contributed by atoms with Crippen LogP contribution in [0, 0.1) is 6.92 Å². The predicted octanol–water partition coefficient (Wildman–Crippen LogP) is 3.48. The number of nitrogens with one attached hydrogen (secondary N) is 3. The molecule has 0 atom stereocenters. The van der Waals surface area contributed by atoms with Crippen molar-refractivity contribution in [3.8, 4) is 0 Å². The second kappa shape index (κ2) is 8.75. The Morgan fingerprint density at radius 2 is 1.76 bits per heavy atom. The van der Waals surface area contributed by atoms with E-state index >= 15 is 0 Å². The zero-order valence-electron chi connectivity index (χ0n) is 14.0. The molecule has 0 aliphatic rings. The van der Waals surface area contributed by atoms with Gasteiger partial charge in [-0.3, -0.25) is 14.9 Å². The lowest BCUT2D eigenvalue weighted by Gasteiger charge is -2.12. The molecule has 5 nitrogen and oxygen atoms in total. The van der Waals surface area contributed by atoms with Gasteiger partial charge in [0.15, 0.2) is 5.11 Å². The molecule has 0 aliphatic heterocycles. The lowest BCUT2D eigenvalue weighted by atomic mass is 10.2. The van der Waals surface area contributed by atoms with Gasteiger partial charge in [-0.1, -0.05) is 36.4 Å². The molecule has 0 bridgehead atoms. The van der Waals surface area contributed by atoms with E-state index in [0.717, 1.165) is 11.1 Å². The summed E-state index contributed by atoms with van der Waals surface area (Å²) in [4.78, 5) is 23.1. The van der Waals surface area contributed by atoms with E-state index in [0.29, 0.717) is 11.4 Å². The first-order valence-electron chi connectivity index (χ1n) is 7.67. The Balaban J connectivity index is 1.94. The number of hydrogen-bond acceptors (Lipinski definition) is 3. The highest BCUT2D eigenvalue weighted by Crippen LogP contribution is 2.20. The van der Waals surface area contributed by atoms with Gasteiger partial charge >= 0.3 is 0 Å². The Hall–Kier alpha value is -2.99. The van der Waals surface area contributed by atoms with E-state index in [4.69, 9.17) is 12.2 Å². The summed E-state index contributed by atoms with van der Waals surface area (Å²) in [6.07, 6.45) is 3.12. The van der Waals surface area contributed by atoms with Gasteiger partial charge < -0.3 is 10.6 Å². The summed E-state index contributed by atoms with van der Waals surface area (Å²) in [6.45, 7) is 3.34. The maximum Gasteiger partial charge on any atom is 0.250 e. The first kappa shape index (κ1) is 18.4. The molecule has 128 valence electrons. The summed E-state index contributed by atoms with van der Waals surface area (Å²) >= 11 is 5.14. The second-order valence-corrected chi connectivity index (χ2v) is 5.81. The summed E-state index contributed by atoms with van der Waals surface area (Å²) in [5.74, 6) is -0.474. The molecule has 0 unspecified atom stereocenters. The maximum atomic E-state index is 11.9. The van der Waals surface area contributed by atoms with Crippen molar-refractivity contribution < 1.29 is 9.59 Å². The van der Waals surface area contributed by atoms with Crippen LogP contribution in [-0.4, -0.2) is 16.9 Å². The first-order chi connectivity index (χ1) is 11.9. The number of rotatable bonds is 4. The number of aryl methyl sites for hydroxylation is 1. The van der Waals surface area contributed by atoms with Gasteiger partial charge in [0.2, 0.25) is 11.8 Å². The highest BCUT2D eigenvalue weighted by Gasteiger charge is 2.05. The van der Waals surface area contributed by atoms with E-state index in [9.17, 15) is 9.59 Å². The molecule has 3 N–H and O–H groups in total. The lowest BCUT2D eigenvalue weighted by Crippen LogP contribution is -2.32. The van der Waals surface area contributed by atoms with Gasteiger partial charge in [-0.15, -0.1) is 0 Å². The third kappa shape index (κ3) is 6.19. The third-order valence-electron chi connectivity index (χ3n) is 3.27. The van der Waals surface area contributed by atoms with Crippen LogP contribution in [0.3, 0.4) is 0 Å². The number of thiocarbonyl (C=S) groups is 1. The van der Waals surface area contributed by atoms with E-state index < -0.39 is 0 Å². The normalized spacial score (nSPS) is 10.3. The molecule has 0 saturated heterocycles. The minimum absolute atomic E-state index is 0.151. The maximum absolute atomic E-state index is 11.9. The zero-order valence-corrected chi connectivity index (χ0v) is 14.8. The van der Waals surface area contributed by atoms with Gasteiger partial charge in [0.1, 0.15) is 0 Å². The molecule has 0 aromatic heterocycles. The molecule has 6 heteroatoms. The van der Waals surface area contributed by atoms with Gasteiger partial charge in [-0.05, 0) is 48.5 Å². The van der Waals surface area contributed by atoms with Crippen molar-refractivity contribution >= 4 is 46.6 Å². The number of amides is 2. The highest BCUT2D eigenvalue weighted by atomic mass is 32.1. The van der Waals surface area contributed by atoms with Gasteiger partial charge in [-0.2, -0.15) is 0 Å². The monoisotopic (exact) mass is 353 g/mol. The second-order valence-electron chi connectivity index (χ2n) is 5.40. The first-order valence-corrected chi connectivity index (χ1v) is 8.08. The van der Waals surface area contributed by atoms with Crippen LogP contribution >= 0.6 is 12.2 Å². The van der Waals surface area contributed by atoms with Crippen LogP contribution in [0.5, 0.6) is 0 Å². The van der Waals surface area contributed by atoms with Crippen molar-refractivity contribution in [2.75, 3.05) is 10.6 Å². The Labute approximate surface area is 152 Å². The van der Waals surface area contributed by atoms with Gasteiger partial charge in [0.05, 0.1) is 0 Å². The number of hydrogen-bond donors (Lipinski definition) is 3. The summed E-state index contributed by atoms with van der Waals surface area (Å²) < 4.78 is 0. The number of carbonyl (C=O) groups excluding carboxylic acids is 2. The lowest BCUT2D eigenvalue weighted by molar-refractivity contribution is -0.115. The summed E-state index contributed by atoms with van der Waals surface area (Å²) in [5.41, 5.74) is 3.22. The Kier molecular flexibility index (Phi) is 6.42. The standard InChI is InChI=1S/C19H19N3O2S/c1-13-8-10-16(12-17(13)20-14(2)23)21-19(25)22-18(24)11-9-15-6-4-3-5-7-15/h3-12H,1-2H3,(H,20,23)(H2,21,22,24,25)/b11-9+. The Morgan fingerprint density at radius 1 is 1.04 bits per heavy atom. The molecule has 0 fully saturated rings. The SMILES string of the molecule is CC(=O)Nc1cc(NC(=S)NC(=O)/C=C/c2ccccc2)ccc1C. The third-order valence-corrected chi connectivity index (χ3v) is 3.47. The zero-order chi connectivity index (χ0) is 18.2. The number of anilines is 2. The van der Waals surface area contributed by atoms with Crippen molar-refractivity contribution in [2.45, 2.75) is 13.8 Å². The largest absolute Gasteiger partial charge is 0.332 e. The predicted molar refractivity (Wildman–Crippen MR) is 105 cm³/mol. The smallest absolute Gasteiger partial charge is 0.250 e. The van der Waals surface area contributed by atoms with Crippen molar-refractivity contribution in [2.24, 2.45) is 0 Å². The average Bonchev–Trinajstić information content (AvgIpc) is 2.56. The summed E-state index contributed by atoms with van der Waals surface area (Å²) in [5, 5.41) is 8.43. The minimum Gasteiger partial charge on any atom is -0.332 e. The van der Waals surface area contributed by atoms with Gasteiger partial charge in [0.25, 0.3) is 0 Å². The van der Waals surface area contributed by atoms with Crippen LogP contribution in [0.25, 0.3) is 6.08 Å². The molecule has 0 aliphatic carbocycles. The van der Waals surface area contributed by atoms with Gasteiger partial charge in [0, 0.05) is 24.4 Å². The molecule has 0 radical (unpaired) electrons. The fourth-order valence-electron chi connectivity index (χ4n) is 2.08. The van der Waals surface area contributed by atoms with Crippen LogP contribution in [-0.2, 0) is 9.59 Å². The van der Waals surface area contributed by atoms with Crippen molar-refractivity contribution in [1.29, 1.82) is 0 Å². The van der Waals surface area contributed by atoms with E-state index in [-0.39, 0.29) is 16.9 Å². The molecule has 2 aromatic carbocycles. The summed E-state index contributed by atoms with van der Waals surface area (Å²) in [6, 6.07) is 14.9. The van der Waals surface area contributed by atoms with Crippen LogP contribution in [0.4, 0.5) is 11.4 Å². The van der Waals surface area contributed by atoms with Crippen LogP contribution in [0.1, 0.15) is 18.1 Å². The number of benzene rings is 2. The molecule has 0 spiro atoms. The van der Waals surface area contributed by atoms with Crippen LogP contribution < -0.4 is 16.0 Å². The van der Waals surface area contributed by atoms with Crippen molar-refractivity contribution in [1.82, 2.24) is 5.32 Å². The fourth-order valence-corrected chi connectivity index (χ4v) is 2.29. The van der Waals surface area contributed by atoms with Crippen LogP contribution in [0.2, 0.25) is 0 Å². The minimum atomic E-state index is -0.324. The Bertz CT molecular complexity index is 817. The summed E-state index contributed by atoms with van der Waals surface area (Å²) in [7, 11) is 0. The van der Waals surface area contributed by atoms with E-state index in [1.807, 2.05) is 49.4 Å². The van der Waals surface area contributed by atoms with Crippen LogP contribution in [0.15, 0.2) is 54.6 Å². The van der Waals surface area contributed by atoms with E-state index in [2.05, 4.69) is 16.0 Å². The number of carbonyl (C=O) groups is 2. The molecule has 2 aromatic rings.